The normalized spacial score (nSPS) is 25.5. The lowest BCUT2D eigenvalue weighted by molar-refractivity contribution is -0.119. The molecular formula is C18H27N3OS. The minimum atomic E-state index is 0.0761. The van der Waals surface area contributed by atoms with Crippen LogP contribution in [0.4, 0.5) is 5.69 Å². The monoisotopic (exact) mass is 333 g/mol. The van der Waals surface area contributed by atoms with Gasteiger partial charge in [0, 0.05) is 48.8 Å². The third-order valence-corrected chi connectivity index (χ3v) is 5.86. The van der Waals surface area contributed by atoms with Crippen LogP contribution in [0, 0.1) is 12.8 Å². The lowest BCUT2D eigenvalue weighted by Crippen LogP contribution is -2.32. The summed E-state index contributed by atoms with van der Waals surface area (Å²) >= 11 is 2.03. The molecule has 2 fully saturated rings. The average molecular weight is 334 g/mol. The van der Waals surface area contributed by atoms with Crippen molar-refractivity contribution in [2.24, 2.45) is 11.7 Å². The Morgan fingerprint density at radius 1 is 1.35 bits per heavy atom. The number of rotatable bonds is 4. The van der Waals surface area contributed by atoms with Crippen molar-refractivity contribution < 1.29 is 4.79 Å². The smallest absolute Gasteiger partial charge is 0.227 e. The maximum atomic E-state index is 12.4. The van der Waals surface area contributed by atoms with E-state index in [1.807, 2.05) is 11.8 Å². The molecule has 3 rings (SSSR count). The number of aryl methyl sites for hydroxylation is 1. The Hall–Kier alpha value is -1.04. The van der Waals surface area contributed by atoms with E-state index in [-0.39, 0.29) is 17.9 Å². The zero-order valence-electron chi connectivity index (χ0n) is 13.9. The highest BCUT2D eigenvalue weighted by molar-refractivity contribution is 7.99. The highest BCUT2D eigenvalue weighted by atomic mass is 32.2. The van der Waals surface area contributed by atoms with Gasteiger partial charge in [-0.3, -0.25) is 9.69 Å². The molecule has 1 aromatic rings. The highest BCUT2D eigenvalue weighted by Gasteiger charge is 2.28. The summed E-state index contributed by atoms with van der Waals surface area (Å²) in [4.78, 5) is 14.9. The molecule has 2 unspecified atom stereocenters. The van der Waals surface area contributed by atoms with Gasteiger partial charge in [0.15, 0.2) is 0 Å². The van der Waals surface area contributed by atoms with Crippen molar-refractivity contribution in [3.63, 3.8) is 0 Å². The highest BCUT2D eigenvalue weighted by Crippen LogP contribution is 2.27. The summed E-state index contributed by atoms with van der Waals surface area (Å²) in [5, 5.41) is 3.13. The predicted octanol–water partition coefficient (Wildman–Crippen LogP) is 2.61. The fraction of sp³-hybridized carbons (Fsp3) is 0.611. The molecule has 1 aromatic carbocycles. The molecule has 0 radical (unpaired) electrons. The van der Waals surface area contributed by atoms with Crippen LogP contribution in [-0.4, -0.2) is 41.4 Å². The van der Waals surface area contributed by atoms with E-state index in [9.17, 15) is 4.79 Å². The molecule has 1 aliphatic carbocycles. The third-order valence-electron chi connectivity index (χ3n) is 4.91. The predicted molar refractivity (Wildman–Crippen MR) is 97.7 cm³/mol. The van der Waals surface area contributed by atoms with Crippen molar-refractivity contribution in [3.8, 4) is 0 Å². The van der Waals surface area contributed by atoms with E-state index in [4.69, 9.17) is 5.73 Å². The van der Waals surface area contributed by atoms with Gasteiger partial charge in [0.05, 0.1) is 0 Å². The maximum absolute atomic E-state index is 12.4. The fourth-order valence-corrected chi connectivity index (χ4v) is 4.39. The van der Waals surface area contributed by atoms with Gasteiger partial charge >= 0.3 is 0 Å². The van der Waals surface area contributed by atoms with Crippen LogP contribution in [0.2, 0.25) is 0 Å². The number of amides is 1. The third kappa shape index (κ3) is 4.49. The number of nitrogens with zero attached hydrogens (tertiary/aromatic N) is 1. The van der Waals surface area contributed by atoms with E-state index in [1.54, 1.807) is 0 Å². The molecule has 1 aliphatic heterocycles. The van der Waals surface area contributed by atoms with Gasteiger partial charge in [-0.15, -0.1) is 0 Å². The number of hydrogen-bond donors (Lipinski definition) is 2. The van der Waals surface area contributed by atoms with Crippen molar-refractivity contribution in [3.05, 3.63) is 29.3 Å². The van der Waals surface area contributed by atoms with Crippen molar-refractivity contribution >= 4 is 23.4 Å². The van der Waals surface area contributed by atoms with E-state index in [0.717, 1.165) is 50.1 Å². The average Bonchev–Trinajstić information content (AvgIpc) is 2.98. The van der Waals surface area contributed by atoms with Gasteiger partial charge in [-0.25, -0.2) is 0 Å². The molecule has 126 valence electrons. The SMILES string of the molecule is Cc1ccc(CN2CCSCC2)cc1NC(=O)C1CCC(N)C1. The summed E-state index contributed by atoms with van der Waals surface area (Å²) in [6.45, 7) is 5.33. The number of anilines is 1. The van der Waals surface area contributed by atoms with Crippen LogP contribution >= 0.6 is 11.8 Å². The van der Waals surface area contributed by atoms with Crippen LogP contribution in [0.3, 0.4) is 0 Å². The number of thioether (sulfide) groups is 1. The minimum Gasteiger partial charge on any atom is -0.328 e. The van der Waals surface area contributed by atoms with Gasteiger partial charge in [-0.2, -0.15) is 11.8 Å². The van der Waals surface area contributed by atoms with Crippen LogP contribution in [0.1, 0.15) is 30.4 Å². The molecule has 23 heavy (non-hydrogen) atoms. The molecule has 1 saturated carbocycles. The van der Waals surface area contributed by atoms with Gasteiger partial charge in [0.1, 0.15) is 0 Å². The second-order valence-corrected chi connectivity index (χ2v) is 8.02. The van der Waals surface area contributed by atoms with Crippen molar-refractivity contribution in [2.75, 3.05) is 29.9 Å². The molecule has 0 bridgehead atoms. The zero-order chi connectivity index (χ0) is 16.2. The Labute approximate surface area is 143 Å². The molecule has 3 N–H and O–H groups in total. The van der Waals surface area contributed by atoms with Gasteiger partial charge in [-0.1, -0.05) is 12.1 Å². The number of benzene rings is 1. The first-order chi connectivity index (χ1) is 11.1. The molecule has 1 heterocycles. The first-order valence-corrected chi connectivity index (χ1v) is 9.73. The molecule has 0 spiro atoms. The summed E-state index contributed by atoms with van der Waals surface area (Å²) in [7, 11) is 0. The number of nitrogens with one attached hydrogen (secondary N) is 1. The summed E-state index contributed by atoms with van der Waals surface area (Å²) in [5.74, 6) is 2.65. The van der Waals surface area contributed by atoms with Crippen molar-refractivity contribution in [2.45, 2.75) is 38.8 Å². The minimum absolute atomic E-state index is 0.0761. The summed E-state index contributed by atoms with van der Waals surface area (Å²) in [6, 6.07) is 6.63. The largest absolute Gasteiger partial charge is 0.328 e. The quantitative estimate of drug-likeness (QED) is 0.889. The molecule has 1 saturated heterocycles. The van der Waals surface area contributed by atoms with Crippen LogP contribution < -0.4 is 11.1 Å². The lowest BCUT2D eigenvalue weighted by Gasteiger charge is -2.26. The van der Waals surface area contributed by atoms with Crippen molar-refractivity contribution in [1.82, 2.24) is 4.90 Å². The summed E-state index contributed by atoms with van der Waals surface area (Å²) in [5.41, 5.74) is 9.29. The Kier molecular flexibility index (Phi) is 5.62. The molecule has 1 amide bonds. The van der Waals surface area contributed by atoms with Gasteiger partial charge in [-0.05, 0) is 43.4 Å². The van der Waals surface area contributed by atoms with Gasteiger partial charge in [0.2, 0.25) is 5.91 Å². The first kappa shape index (κ1) is 16.8. The molecular weight excluding hydrogens is 306 g/mol. The molecule has 5 heteroatoms. The molecule has 2 atom stereocenters. The number of carbonyl (C=O) groups excluding carboxylic acids is 1. The standard InChI is InChI=1S/C18H27N3OS/c1-13-2-3-14(12-21-6-8-23-9-7-21)10-17(13)20-18(22)15-4-5-16(19)11-15/h2-3,10,15-16H,4-9,11-12,19H2,1H3,(H,20,22). The van der Waals surface area contributed by atoms with Crippen LogP contribution in [0.25, 0.3) is 0 Å². The van der Waals surface area contributed by atoms with Crippen LogP contribution in [0.5, 0.6) is 0 Å². The van der Waals surface area contributed by atoms with E-state index >= 15 is 0 Å². The number of carbonyl (C=O) groups is 1. The number of nitrogens with two attached hydrogens (primary N) is 1. The van der Waals surface area contributed by atoms with E-state index in [1.165, 1.54) is 17.1 Å². The summed E-state index contributed by atoms with van der Waals surface area (Å²) in [6.07, 6.45) is 2.69. The molecule has 4 nitrogen and oxygen atoms in total. The van der Waals surface area contributed by atoms with Crippen LogP contribution in [-0.2, 0) is 11.3 Å². The maximum Gasteiger partial charge on any atom is 0.227 e. The second-order valence-electron chi connectivity index (χ2n) is 6.80. The summed E-state index contributed by atoms with van der Waals surface area (Å²) < 4.78 is 0. The zero-order valence-corrected chi connectivity index (χ0v) is 14.7. The molecule has 0 aromatic heterocycles. The van der Waals surface area contributed by atoms with Crippen LogP contribution in [0.15, 0.2) is 18.2 Å². The second kappa shape index (κ2) is 7.69. The topological polar surface area (TPSA) is 58.4 Å². The number of hydrogen-bond acceptors (Lipinski definition) is 4. The van der Waals surface area contributed by atoms with Crippen molar-refractivity contribution in [1.29, 1.82) is 0 Å². The van der Waals surface area contributed by atoms with Gasteiger partial charge in [0.25, 0.3) is 0 Å². The first-order valence-electron chi connectivity index (χ1n) is 8.58. The van der Waals surface area contributed by atoms with Gasteiger partial charge < -0.3 is 11.1 Å². The Morgan fingerprint density at radius 2 is 2.13 bits per heavy atom. The fourth-order valence-electron chi connectivity index (χ4n) is 3.41. The van der Waals surface area contributed by atoms with E-state index in [2.05, 4.69) is 35.3 Å². The Morgan fingerprint density at radius 3 is 2.83 bits per heavy atom. The lowest BCUT2D eigenvalue weighted by atomic mass is 10.1. The molecule has 2 aliphatic rings. The van der Waals surface area contributed by atoms with E-state index in [0.29, 0.717) is 0 Å². The Bertz CT molecular complexity index is 557. The van der Waals surface area contributed by atoms with E-state index < -0.39 is 0 Å². The Balaban J connectivity index is 1.64.